The van der Waals surface area contributed by atoms with Crippen LogP contribution in [0.4, 0.5) is 11.4 Å². The zero-order valence-corrected chi connectivity index (χ0v) is 17.6. The summed E-state index contributed by atoms with van der Waals surface area (Å²) in [5.74, 6) is -0.194. The molecular formula is C24H23N5O2. The molecule has 3 heterocycles. The number of Topliss-reactive ketones (excluding diaryl/α,β-unsaturated/α-hetero) is 1. The van der Waals surface area contributed by atoms with Crippen LogP contribution in [0.25, 0.3) is 11.0 Å². The number of benzene rings is 1. The molecule has 7 nitrogen and oxygen atoms in total. The van der Waals surface area contributed by atoms with E-state index in [9.17, 15) is 9.59 Å². The average molecular weight is 413 g/mol. The minimum absolute atomic E-state index is 0.0241. The fraction of sp³-hybridized carbons (Fsp3) is 0.167. The van der Waals surface area contributed by atoms with Crippen molar-refractivity contribution in [2.45, 2.75) is 27.3 Å². The number of carbonyl (C=O) groups is 2. The van der Waals surface area contributed by atoms with Crippen molar-refractivity contribution in [1.82, 2.24) is 15.0 Å². The molecule has 0 aliphatic heterocycles. The van der Waals surface area contributed by atoms with E-state index < -0.39 is 0 Å². The van der Waals surface area contributed by atoms with Crippen LogP contribution in [0.15, 0.2) is 54.9 Å². The number of carbonyl (C=O) groups excluding carboxylic acids is 2. The molecule has 0 unspecified atom stereocenters. The maximum Gasteiger partial charge on any atom is 0.255 e. The van der Waals surface area contributed by atoms with Gasteiger partial charge in [-0.3, -0.25) is 14.6 Å². The summed E-state index contributed by atoms with van der Waals surface area (Å²) in [6, 6.07) is 13.0. The van der Waals surface area contributed by atoms with E-state index in [-0.39, 0.29) is 11.7 Å². The summed E-state index contributed by atoms with van der Waals surface area (Å²) < 4.78 is 0. The normalized spacial score (nSPS) is 10.8. The molecule has 3 N–H and O–H groups in total. The predicted molar refractivity (Wildman–Crippen MR) is 122 cm³/mol. The molecule has 0 fully saturated rings. The van der Waals surface area contributed by atoms with E-state index in [2.05, 4.69) is 25.6 Å². The molecule has 156 valence electrons. The van der Waals surface area contributed by atoms with E-state index in [0.29, 0.717) is 23.4 Å². The summed E-state index contributed by atoms with van der Waals surface area (Å²) >= 11 is 0. The summed E-state index contributed by atoms with van der Waals surface area (Å²) in [5.41, 5.74) is 6.34. The molecule has 31 heavy (non-hydrogen) atoms. The molecule has 0 saturated carbocycles. The number of ketones is 1. The number of nitrogens with zero attached hydrogens (tertiary/aromatic N) is 2. The van der Waals surface area contributed by atoms with Gasteiger partial charge in [-0.25, -0.2) is 4.98 Å². The first-order valence-corrected chi connectivity index (χ1v) is 9.96. The Morgan fingerprint density at radius 2 is 1.84 bits per heavy atom. The number of rotatable bonds is 6. The highest BCUT2D eigenvalue weighted by Crippen LogP contribution is 2.21. The summed E-state index contributed by atoms with van der Waals surface area (Å²) in [7, 11) is 0. The molecular weight excluding hydrogens is 390 g/mol. The summed E-state index contributed by atoms with van der Waals surface area (Å²) in [6.07, 6.45) is 3.36. The van der Waals surface area contributed by atoms with Gasteiger partial charge in [-0.05, 0) is 61.4 Å². The molecule has 1 amide bonds. The highest BCUT2D eigenvalue weighted by Gasteiger charge is 2.09. The van der Waals surface area contributed by atoms with Gasteiger partial charge in [-0.2, -0.15) is 0 Å². The first-order chi connectivity index (χ1) is 14.9. The maximum absolute atomic E-state index is 12.5. The van der Waals surface area contributed by atoms with Crippen LogP contribution in [0.2, 0.25) is 0 Å². The van der Waals surface area contributed by atoms with Crippen LogP contribution >= 0.6 is 0 Å². The molecule has 7 heteroatoms. The lowest BCUT2D eigenvalue weighted by Crippen LogP contribution is -2.13. The quantitative estimate of drug-likeness (QED) is 0.400. The predicted octanol–water partition coefficient (Wildman–Crippen LogP) is 4.64. The Balaban J connectivity index is 1.48. The molecule has 0 aliphatic carbocycles. The Bertz CT molecular complexity index is 1290. The lowest BCUT2D eigenvalue weighted by molar-refractivity contribution is 0.101. The summed E-state index contributed by atoms with van der Waals surface area (Å²) in [5, 5.41) is 7.19. The number of nitrogens with one attached hydrogen (secondary N) is 3. The number of hydrogen-bond acceptors (Lipinski definition) is 5. The number of hydrogen-bond donors (Lipinski definition) is 3. The number of aromatic amines is 1. The summed E-state index contributed by atoms with van der Waals surface area (Å²) in [6.45, 7) is 5.98. The van der Waals surface area contributed by atoms with Crippen LogP contribution in [0.5, 0.6) is 0 Å². The zero-order chi connectivity index (χ0) is 22.0. The SMILES string of the molecule is CC(=O)c1cc2cc(NCc3cc(NC(=O)c4ccnc(C)c4)ccc3C)cnc2[nH]1. The molecule has 0 saturated heterocycles. The van der Waals surface area contributed by atoms with Crippen molar-refractivity contribution < 1.29 is 9.59 Å². The van der Waals surface area contributed by atoms with Crippen molar-refractivity contribution in [1.29, 1.82) is 0 Å². The van der Waals surface area contributed by atoms with Gasteiger partial charge in [-0.15, -0.1) is 0 Å². The van der Waals surface area contributed by atoms with E-state index >= 15 is 0 Å². The monoisotopic (exact) mass is 413 g/mol. The van der Waals surface area contributed by atoms with Gasteiger partial charge in [0.2, 0.25) is 0 Å². The van der Waals surface area contributed by atoms with Crippen molar-refractivity contribution >= 4 is 34.1 Å². The fourth-order valence-electron chi connectivity index (χ4n) is 3.33. The molecule has 1 aromatic carbocycles. The number of amides is 1. The van der Waals surface area contributed by atoms with Crippen molar-refractivity contribution in [3.05, 3.63) is 82.9 Å². The van der Waals surface area contributed by atoms with Crippen molar-refractivity contribution in [3.8, 4) is 0 Å². The minimum Gasteiger partial charge on any atom is -0.380 e. The van der Waals surface area contributed by atoms with E-state index in [0.717, 1.165) is 33.6 Å². The second kappa shape index (κ2) is 8.39. The third-order valence-corrected chi connectivity index (χ3v) is 5.10. The van der Waals surface area contributed by atoms with Gasteiger partial charge in [0.25, 0.3) is 5.91 Å². The number of pyridine rings is 2. The number of aromatic nitrogens is 3. The van der Waals surface area contributed by atoms with Crippen molar-refractivity contribution in [2.24, 2.45) is 0 Å². The van der Waals surface area contributed by atoms with Crippen LogP contribution < -0.4 is 10.6 Å². The minimum atomic E-state index is -0.170. The first-order valence-electron chi connectivity index (χ1n) is 9.96. The summed E-state index contributed by atoms with van der Waals surface area (Å²) in [4.78, 5) is 35.6. The molecule has 4 aromatic rings. The molecule has 0 radical (unpaired) electrons. The number of fused-ring (bicyclic) bond motifs is 1. The van der Waals surface area contributed by atoms with Crippen LogP contribution in [0.1, 0.15) is 44.6 Å². The molecule has 0 spiro atoms. The standard InChI is InChI=1S/C24H23N5O2/c1-14-4-5-20(28-24(31)17-6-7-25-15(2)8-17)10-19(14)12-26-21-9-18-11-22(16(3)30)29-23(18)27-13-21/h4-11,13,26H,12H2,1-3H3,(H,27,29)(H,28,31). The molecule has 4 rings (SSSR count). The second-order valence-corrected chi connectivity index (χ2v) is 7.54. The largest absolute Gasteiger partial charge is 0.380 e. The van der Waals surface area contributed by atoms with Crippen LogP contribution in [0.3, 0.4) is 0 Å². The lowest BCUT2D eigenvalue weighted by atomic mass is 10.1. The number of anilines is 2. The molecule has 0 atom stereocenters. The van der Waals surface area contributed by atoms with Gasteiger partial charge in [0.05, 0.1) is 17.6 Å². The van der Waals surface area contributed by atoms with Crippen molar-refractivity contribution in [3.63, 3.8) is 0 Å². The van der Waals surface area contributed by atoms with E-state index in [1.54, 1.807) is 30.6 Å². The van der Waals surface area contributed by atoms with E-state index in [1.807, 2.05) is 38.1 Å². The molecule has 0 aliphatic rings. The first kappa shape index (κ1) is 20.3. The Labute approximate surface area is 179 Å². The molecule has 0 bridgehead atoms. The van der Waals surface area contributed by atoms with E-state index in [1.165, 1.54) is 6.92 Å². The number of H-pyrrole nitrogens is 1. The van der Waals surface area contributed by atoms with E-state index in [4.69, 9.17) is 0 Å². The smallest absolute Gasteiger partial charge is 0.255 e. The zero-order valence-electron chi connectivity index (χ0n) is 17.6. The Morgan fingerprint density at radius 1 is 1.00 bits per heavy atom. The molecule has 3 aromatic heterocycles. The van der Waals surface area contributed by atoms with Gasteiger partial charge in [0, 0.05) is 42.0 Å². The van der Waals surface area contributed by atoms with Crippen LogP contribution in [-0.4, -0.2) is 26.6 Å². The third kappa shape index (κ3) is 4.61. The fourth-order valence-corrected chi connectivity index (χ4v) is 3.33. The van der Waals surface area contributed by atoms with Crippen molar-refractivity contribution in [2.75, 3.05) is 10.6 Å². The lowest BCUT2D eigenvalue weighted by Gasteiger charge is -2.12. The van der Waals surface area contributed by atoms with Gasteiger partial charge < -0.3 is 15.6 Å². The Morgan fingerprint density at radius 3 is 2.61 bits per heavy atom. The Hall–Kier alpha value is -4.00. The topological polar surface area (TPSA) is 99.8 Å². The van der Waals surface area contributed by atoms with Crippen LogP contribution in [-0.2, 0) is 6.54 Å². The highest BCUT2D eigenvalue weighted by molar-refractivity contribution is 6.04. The number of aryl methyl sites for hydroxylation is 2. The van der Waals surface area contributed by atoms with Gasteiger partial charge in [-0.1, -0.05) is 6.07 Å². The third-order valence-electron chi connectivity index (χ3n) is 5.10. The van der Waals surface area contributed by atoms with Gasteiger partial charge >= 0.3 is 0 Å². The van der Waals surface area contributed by atoms with Gasteiger partial charge in [0.15, 0.2) is 5.78 Å². The Kier molecular flexibility index (Phi) is 5.49. The maximum atomic E-state index is 12.5. The second-order valence-electron chi connectivity index (χ2n) is 7.54. The van der Waals surface area contributed by atoms with Crippen LogP contribution in [0, 0.1) is 13.8 Å². The average Bonchev–Trinajstić information content (AvgIpc) is 3.18. The highest BCUT2D eigenvalue weighted by atomic mass is 16.1. The van der Waals surface area contributed by atoms with Gasteiger partial charge in [0.1, 0.15) is 5.65 Å².